The second-order valence-electron chi connectivity index (χ2n) is 8.20. The molecule has 0 saturated carbocycles. The highest BCUT2D eigenvalue weighted by atomic mass is 35.5. The number of ether oxygens (including phenoxy) is 1. The number of thiophene rings is 1. The molecule has 3 aromatic carbocycles. The minimum Gasteiger partial charge on any atom is -0.455 e. The van der Waals surface area contributed by atoms with E-state index >= 15 is 0 Å². The van der Waals surface area contributed by atoms with Gasteiger partial charge in [0.2, 0.25) is 0 Å². The van der Waals surface area contributed by atoms with Gasteiger partial charge in [0.15, 0.2) is 15.6 Å². The topological polar surface area (TPSA) is 79.6 Å². The molecule has 0 amide bonds. The number of hydrogen-bond acceptors (Lipinski definition) is 6. The van der Waals surface area contributed by atoms with Gasteiger partial charge in [0.1, 0.15) is 17.1 Å². The summed E-state index contributed by atoms with van der Waals surface area (Å²) in [5, 5.41) is 7.91. The van der Waals surface area contributed by atoms with E-state index in [-0.39, 0.29) is 22.0 Å². The maximum absolute atomic E-state index is 13.3. The molecule has 1 heterocycles. The first-order chi connectivity index (χ1) is 17.9. The van der Waals surface area contributed by atoms with Crippen molar-refractivity contribution >= 4 is 49.9 Å². The third-order valence-electron chi connectivity index (χ3n) is 5.27. The molecule has 1 aromatic heterocycles. The molecule has 4 rings (SSSR count). The second-order valence-corrected chi connectivity index (χ2v) is 11.7. The van der Waals surface area contributed by atoms with Gasteiger partial charge in [-0.25, -0.2) is 13.4 Å². The van der Waals surface area contributed by atoms with Gasteiger partial charge in [0.05, 0.1) is 10.6 Å². The van der Waals surface area contributed by atoms with Gasteiger partial charge < -0.3 is 10.1 Å². The van der Waals surface area contributed by atoms with Crippen LogP contribution >= 0.6 is 22.9 Å². The van der Waals surface area contributed by atoms with Gasteiger partial charge in [-0.1, -0.05) is 41.9 Å². The molecule has 38 heavy (non-hydrogen) atoms. The van der Waals surface area contributed by atoms with Crippen LogP contribution in [0.25, 0.3) is 10.4 Å². The maximum Gasteiger partial charge on any atom is 0.429 e. The summed E-state index contributed by atoms with van der Waals surface area (Å²) in [4.78, 5) is 5.62. The summed E-state index contributed by atoms with van der Waals surface area (Å²) in [7, 11) is -3.45. The molecule has 5 nitrogen and oxygen atoms in total. The van der Waals surface area contributed by atoms with Crippen LogP contribution in [0.2, 0.25) is 5.02 Å². The Morgan fingerprint density at radius 2 is 1.74 bits per heavy atom. The zero-order valence-electron chi connectivity index (χ0n) is 19.8. The Labute approximate surface area is 226 Å². The molecule has 0 atom stereocenters. The zero-order chi connectivity index (χ0) is 27.5. The van der Waals surface area contributed by atoms with Gasteiger partial charge in [-0.2, -0.15) is 13.2 Å². The fourth-order valence-electron chi connectivity index (χ4n) is 3.40. The molecule has 0 aliphatic rings. The summed E-state index contributed by atoms with van der Waals surface area (Å²) in [5.74, 6) is 0.772. The van der Waals surface area contributed by atoms with Crippen molar-refractivity contribution < 1.29 is 26.3 Å². The van der Waals surface area contributed by atoms with Crippen molar-refractivity contribution in [3.05, 3.63) is 94.8 Å². The number of alkyl halides is 3. The first-order valence-corrected chi connectivity index (χ1v) is 14.1. The van der Waals surface area contributed by atoms with Crippen molar-refractivity contribution in [3.63, 3.8) is 0 Å². The van der Waals surface area contributed by atoms with E-state index in [9.17, 15) is 21.6 Å². The van der Waals surface area contributed by atoms with E-state index in [1.54, 1.807) is 60.7 Å². The molecule has 196 valence electrons. The third kappa shape index (κ3) is 6.89. The number of sulfone groups is 1. The average Bonchev–Trinajstić information content (AvgIpc) is 3.35. The van der Waals surface area contributed by atoms with Crippen molar-refractivity contribution in [3.8, 4) is 21.9 Å². The second kappa shape index (κ2) is 11.1. The van der Waals surface area contributed by atoms with Crippen LogP contribution in [-0.4, -0.2) is 32.3 Å². The number of rotatable bonds is 8. The number of benzene rings is 3. The van der Waals surface area contributed by atoms with Gasteiger partial charge in [-0.15, -0.1) is 11.3 Å². The Balaban J connectivity index is 1.79. The average molecular weight is 577 g/mol. The smallest absolute Gasteiger partial charge is 0.429 e. The number of halogens is 4. The van der Waals surface area contributed by atoms with Crippen LogP contribution < -0.4 is 4.74 Å². The monoisotopic (exact) mass is 576 g/mol. The Hall–Kier alpha value is -3.47. The van der Waals surface area contributed by atoms with Crippen LogP contribution in [0.1, 0.15) is 11.3 Å². The Morgan fingerprint density at radius 3 is 2.42 bits per heavy atom. The number of para-hydroxylation sites is 1. The number of nitrogens with one attached hydrogen (secondary N) is 1. The largest absolute Gasteiger partial charge is 0.455 e. The van der Waals surface area contributed by atoms with Crippen LogP contribution in [0.5, 0.6) is 11.5 Å². The van der Waals surface area contributed by atoms with Gasteiger partial charge in [-0.3, -0.25) is 0 Å². The highest BCUT2D eigenvalue weighted by Crippen LogP contribution is 2.37. The standard InChI is InChI=1S/C27H20ClF3N2O3S2/c1-38(34,35)20-9-5-6-17(14-20)24-12-13-25(37-24)22(16-26(32)27(29,30)31)33-21-15-18(28)10-11-23(21)36-19-7-3-2-4-8-19/h2-15,32H,16H2,1H3. The van der Waals surface area contributed by atoms with Crippen LogP contribution in [0.4, 0.5) is 18.9 Å². The number of hydrogen-bond donors (Lipinski definition) is 1. The Kier molecular flexibility index (Phi) is 8.05. The Morgan fingerprint density at radius 1 is 1.00 bits per heavy atom. The lowest BCUT2D eigenvalue weighted by molar-refractivity contribution is -0.0605. The predicted molar refractivity (Wildman–Crippen MR) is 145 cm³/mol. The molecular formula is C27H20ClF3N2O3S2. The van der Waals surface area contributed by atoms with Crippen molar-refractivity contribution in [2.24, 2.45) is 4.99 Å². The molecular weight excluding hydrogens is 557 g/mol. The van der Waals surface area contributed by atoms with E-state index in [0.29, 0.717) is 26.1 Å². The summed E-state index contributed by atoms with van der Waals surface area (Å²) in [6.45, 7) is 0. The zero-order valence-corrected chi connectivity index (χ0v) is 22.2. The van der Waals surface area contributed by atoms with Crippen LogP contribution in [0.15, 0.2) is 94.8 Å². The fourth-order valence-corrected chi connectivity index (χ4v) is 5.23. The maximum atomic E-state index is 13.3. The molecule has 0 fully saturated rings. The van der Waals surface area contributed by atoms with Gasteiger partial charge in [-0.05, 0) is 60.2 Å². The normalized spacial score (nSPS) is 12.4. The van der Waals surface area contributed by atoms with Crippen LogP contribution in [0.3, 0.4) is 0 Å². The molecule has 0 bridgehead atoms. The molecule has 0 saturated heterocycles. The van der Waals surface area contributed by atoms with Crippen molar-refractivity contribution in [2.75, 3.05) is 6.26 Å². The van der Waals surface area contributed by atoms with E-state index < -0.39 is 28.1 Å². The summed E-state index contributed by atoms with van der Waals surface area (Å²) < 4.78 is 69.9. The van der Waals surface area contributed by atoms with Crippen molar-refractivity contribution in [2.45, 2.75) is 17.5 Å². The first-order valence-electron chi connectivity index (χ1n) is 11.1. The molecule has 0 radical (unpaired) electrons. The number of nitrogens with zero attached hydrogens (tertiary/aromatic N) is 1. The van der Waals surface area contributed by atoms with E-state index in [0.717, 1.165) is 17.6 Å². The highest BCUT2D eigenvalue weighted by Gasteiger charge is 2.35. The van der Waals surface area contributed by atoms with Crippen LogP contribution in [0, 0.1) is 5.41 Å². The quantitative estimate of drug-likeness (QED) is 0.214. The highest BCUT2D eigenvalue weighted by molar-refractivity contribution is 7.90. The molecule has 0 aliphatic heterocycles. The molecule has 0 spiro atoms. The summed E-state index contributed by atoms with van der Waals surface area (Å²) in [6, 6.07) is 23.0. The lowest BCUT2D eigenvalue weighted by Crippen LogP contribution is -2.24. The summed E-state index contributed by atoms with van der Waals surface area (Å²) in [5.41, 5.74) is -0.688. The Bertz CT molecular complexity index is 1620. The first kappa shape index (κ1) is 27.6. The lowest BCUT2D eigenvalue weighted by Gasteiger charge is -2.12. The fraction of sp³-hybridized carbons (Fsp3) is 0.111. The van der Waals surface area contributed by atoms with Crippen LogP contribution in [-0.2, 0) is 9.84 Å². The minimum atomic E-state index is -4.83. The van der Waals surface area contributed by atoms with Crippen molar-refractivity contribution in [1.29, 1.82) is 5.41 Å². The van der Waals surface area contributed by atoms with Gasteiger partial charge in [0, 0.05) is 27.5 Å². The van der Waals surface area contributed by atoms with Gasteiger partial charge >= 0.3 is 6.18 Å². The van der Waals surface area contributed by atoms with Crippen molar-refractivity contribution in [1.82, 2.24) is 0 Å². The molecule has 1 N–H and O–H groups in total. The molecule has 11 heteroatoms. The molecule has 0 unspecified atom stereocenters. The SMILES string of the molecule is CS(=O)(=O)c1cccc(-c2ccc(C(CC(=N)C(F)(F)F)=Nc3cc(Cl)ccc3Oc3ccccc3)s2)c1. The number of aliphatic imine (C=N–C) groups is 1. The van der Waals surface area contributed by atoms with E-state index in [1.165, 1.54) is 18.2 Å². The van der Waals surface area contributed by atoms with E-state index in [4.69, 9.17) is 21.7 Å². The lowest BCUT2D eigenvalue weighted by atomic mass is 10.1. The van der Waals surface area contributed by atoms with Gasteiger partial charge in [0.25, 0.3) is 0 Å². The molecule has 4 aromatic rings. The predicted octanol–water partition coefficient (Wildman–Crippen LogP) is 8.36. The summed E-state index contributed by atoms with van der Waals surface area (Å²) in [6.07, 6.45) is -4.52. The van der Waals surface area contributed by atoms with E-state index in [2.05, 4.69) is 4.99 Å². The molecule has 0 aliphatic carbocycles. The minimum absolute atomic E-state index is 0.0111. The summed E-state index contributed by atoms with van der Waals surface area (Å²) >= 11 is 7.31. The third-order valence-corrected chi connectivity index (χ3v) is 7.80. The van der Waals surface area contributed by atoms with E-state index in [1.807, 2.05) is 6.07 Å².